The number of amides is 1. The van der Waals surface area contributed by atoms with Crippen LogP contribution in [0.3, 0.4) is 0 Å². The van der Waals surface area contributed by atoms with Gasteiger partial charge in [-0.1, -0.05) is 60.1 Å². The molecule has 0 radical (unpaired) electrons. The Balaban J connectivity index is 1.23. The van der Waals surface area contributed by atoms with Crippen molar-refractivity contribution >= 4 is 57.4 Å². The lowest BCUT2D eigenvalue weighted by Crippen LogP contribution is -2.43. The van der Waals surface area contributed by atoms with Crippen molar-refractivity contribution in [1.29, 1.82) is 0 Å². The van der Waals surface area contributed by atoms with Crippen molar-refractivity contribution in [2.45, 2.75) is 63.9 Å². The van der Waals surface area contributed by atoms with Crippen LogP contribution in [0.4, 0.5) is 5.69 Å². The highest BCUT2D eigenvalue weighted by Gasteiger charge is 2.54. The summed E-state index contributed by atoms with van der Waals surface area (Å²) in [7, 11) is 0. The standard InChI is InChI=1S/C35H35Cl2N3O3S/c1-35-15-14-26-27(29(35)12-13-32(35)42)11-4-21-18-31(41)22(16-28(21)26)17-30(20-2-5-23(36)6-3-20)38-39-34-40(33(43)19-44-34)25-9-7-24(37)8-10-25/h2-3,5-10,16,18,26-27,29,32,41-42H,4,11-15,17,19H2,1H3/b38-30-,39-34-/t26-,27+,29-,32-,35-/m0/s1. The lowest BCUT2D eigenvalue weighted by Gasteiger charge is -2.50. The summed E-state index contributed by atoms with van der Waals surface area (Å²) in [6.07, 6.45) is 6.32. The molecule has 1 heterocycles. The highest BCUT2D eigenvalue weighted by molar-refractivity contribution is 8.15. The largest absolute Gasteiger partial charge is 0.508 e. The number of phenols is 1. The molecule has 6 nitrogen and oxygen atoms in total. The third kappa shape index (κ3) is 5.36. The molecule has 0 aromatic heterocycles. The van der Waals surface area contributed by atoms with Crippen molar-refractivity contribution in [1.82, 2.24) is 0 Å². The average Bonchev–Trinajstić information content (AvgIpc) is 3.54. The number of rotatable bonds is 5. The number of aliphatic hydroxyl groups is 1. The molecule has 2 N–H and O–H groups in total. The van der Waals surface area contributed by atoms with E-state index in [-0.39, 0.29) is 28.9 Å². The van der Waals surface area contributed by atoms with E-state index in [4.69, 9.17) is 28.3 Å². The molecule has 1 saturated heterocycles. The number of hydrogen-bond donors (Lipinski definition) is 2. The van der Waals surface area contributed by atoms with Crippen LogP contribution < -0.4 is 4.90 Å². The maximum Gasteiger partial charge on any atom is 0.243 e. The molecule has 0 bridgehead atoms. The molecule has 0 unspecified atom stereocenters. The van der Waals surface area contributed by atoms with Crippen LogP contribution in [0, 0.1) is 17.3 Å². The molecule has 3 aromatic carbocycles. The Morgan fingerprint density at radius 1 is 1.02 bits per heavy atom. The van der Waals surface area contributed by atoms with Crippen LogP contribution in [-0.2, 0) is 17.6 Å². The molecule has 2 saturated carbocycles. The van der Waals surface area contributed by atoms with Gasteiger partial charge in [0.05, 0.1) is 23.3 Å². The van der Waals surface area contributed by atoms with E-state index in [2.05, 4.69) is 18.1 Å². The molecule has 1 aliphatic heterocycles. The topological polar surface area (TPSA) is 85.5 Å². The van der Waals surface area contributed by atoms with E-state index in [1.54, 1.807) is 29.2 Å². The maximum atomic E-state index is 12.8. The number of thioether (sulfide) groups is 1. The summed E-state index contributed by atoms with van der Waals surface area (Å²) in [5, 5.41) is 33.1. The first-order valence-corrected chi connectivity index (χ1v) is 17.1. The van der Waals surface area contributed by atoms with Gasteiger partial charge in [0.2, 0.25) is 5.91 Å². The zero-order valence-electron chi connectivity index (χ0n) is 24.5. The van der Waals surface area contributed by atoms with Crippen molar-refractivity contribution in [2.24, 2.45) is 27.5 Å². The van der Waals surface area contributed by atoms with E-state index < -0.39 is 0 Å². The third-order valence-electron chi connectivity index (χ3n) is 10.5. The van der Waals surface area contributed by atoms with Crippen LogP contribution in [0.1, 0.15) is 67.2 Å². The van der Waals surface area contributed by atoms with Crippen molar-refractivity contribution in [3.8, 4) is 5.75 Å². The highest BCUT2D eigenvalue weighted by Crippen LogP contribution is 2.61. The number of nitrogens with zero attached hydrogens (tertiary/aromatic N) is 3. The van der Waals surface area contributed by atoms with Gasteiger partial charge in [-0.25, -0.2) is 0 Å². The highest BCUT2D eigenvalue weighted by atomic mass is 35.5. The lowest BCUT2D eigenvalue weighted by atomic mass is 9.55. The fraction of sp³-hybridized carbons (Fsp3) is 0.400. The van der Waals surface area contributed by atoms with Gasteiger partial charge in [-0.05, 0) is 121 Å². The quantitative estimate of drug-likeness (QED) is 0.217. The molecule has 1 amide bonds. The van der Waals surface area contributed by atoms with Crippen molar-refractivity contribution < 1.29 is 15.0 Å². The van der Waals surface area contributed by atoms with Gasteiger partial charge < -0.3 is 10.2 Å². The van der Waals surface area contributed by atoms with Crippen LogP contribution in [0.2, 0.25) is 10.0 Å². The van der Waals surface area contributed by atoms with Crippen LogP contribution in [0.5, 0.6) is 5.75 Å². The van der Waals surface area contributed by atoms with Gasteiger partial charge in [-0.15, -0.1) is 5.10 Å². The fourth-order valence-electron chi connectivity index (χ4n) is 8.17. The van der Waals surface area contributed by atoms with Crippen molar-refractivity contribution in [3.05, 3.63) is 93.0 Å². The van der Waals surface area contributed by atoms with Gasteiger partial charge in [-0.3, -0.25) is 9.69 Å². The molecule has 4 aliphatic rings. The maximum absolute atomic E-state index is 12.8. The summed E-state index contributed by atoms with van der Waals surface area (Å²) >= 11 is 13.6. The summed E-state index contributed by atoms with van der Waals surface area (Å²) in [5.41, 5.74) is 5.60. The van der Waals surface area contributed by atoms with Gasteiger partial charge in [0, 0.05) is 22.0 Å². The Bertz CT molecular complexity index is 1660. The fourth-order valence-corrected chi connectivity index (χ4v) is 9.24. The Hall–Kier alpha value is -2.84. The SMILES string of the molecule is C[C@]12CC[C@@H]3c4cc(C/C(=N/N=C5\SCC(=O)N5c5ccc(Cl)cc5)c5ccc(Cl)cc5)c(O)cc4CC[C@H]3[C@@H]1CC[C@@H]2O. The second-order valence-electron chi connectivity index (χ2n) is 12.8. The van der Waals surface area contributed by atoms with Gasteiger partial charge in [0.25, 0.3) is 0 Å². The number of anilines is 1. The smallest absolute Gasteiger partial charge is 0.243 e. The summed E-state index contributed by atoms with van der Waals surface area (Å²) in [5.74, 6) is 2.01. The number of aliphatic hydroxyl groups excluding tert-OH is 1. The molecule has 7 rings (SSSR count). The summed E-state index contributed by atoms with van der Waals surface area (Å²) in [6, 6.07) is 18.7. The third-order valence-corrected chi connectivity index (χ3v) is 11.9. The molecule has 44 heavy (non-hydrogen) atoms. The first kappa shape index (κ1) is 29.8. The van der Waals surface area contributed by atoms with Gasteiger partial charge in [-0.2, -0.15) is 5.10 Å². The predicted molar refractivity (Wildman–Crippen MR) is 179 cm³/mol. The van der Waals surface area contributed by atoms with E-state index in [0.717, 1.165) is 49.7 Å². The monoisotopic (exact) mass is 647 g/mol. The lowest BCUT2D eigenvalue weighted by molar-refractivity contribution is -0.115. The van der Waals surface area contributed by atoms with E-state index in [1.165, 1.54) is 22.9 Å². The van der Waals surface area contributed by atoms with Crippen molar-refractivity contribution in [2.75, 3.05) is 10.7 Å². The Morgan fingerprint density at radius 3 is 2.50 bits per heavy atom. The second kappa shape index (κ2) is 11.8. The number of amidine groups is 1. The van der Waals surface area contributed by atoms with E-state index in [0.29, 0.717) is 50.8 Å². The summed E-state index contributed by atoms with van der Waals surface area (Å²) < 4.78 is 0. The number of benzene rings is 3. The first-order chi connectivity index (χ1) is 21.2. The number of phenolic OH excluding ortho intramolecular Hbond substituents is 1. The van der Waals surface area contributed by atoms with Crippen LogP contribution in [-0.4, -0.2) is 38.9 Å². The predicted octanol–water partition coefficient (Wildman–Crippen LogP) is 8.00. The number of fused-ring (bicyclic) bond motifs is 5. The zero-order chi connectivity index (χ0) is 30.6. The Labute approximate surface area is 272 Å². The first-order valence-electron chi connectivity index (χ1n) is 15.4. The Kier molecular flexibility index (Phi) is 8.02. The molecular weight excluding hydrogens is 613 g/mol. The molecule has 9 heteroatoms. The summed E-state index contributed by atoms with van der Waals surface area (Å²) in [6.45, 7) is 2.30. The number of aryl methyl sites for hydroxylation is 1. The molecule has 3 fully saturated rings. The number of carbonyl (C=O) groups excluding carboxylic acids is 1. The second-order valence-corrected chi connectivity index (χ2v) is 14.7. The normalized spacial score (nSPS) is 29.1. The minimum Gasteiger partial charge on any atom is -0.508 e. The number of carbonyl (C=O) groups is 1. The number of halogens is 2. The van der Waals surface area contributed by atoms with Crippen molar-refractivity contribution in [3.63, 3.8) is 0 Å². The van der Waals surface area contributed by atoms with Gasteiger partial charge in [0.1, 0.15) is 5.75 Å². The zero-order valence-corrected chi connectivity index (χ0v) is 26.9. The van der Waals surface area contributed by atoms with Crippen LogP contribution >= 0.6 is 35.0 Å². The van der Waals surface area contributed by atoms with Crippen LogP contribution in [0.25, 0.3) is 0 Å². The molecular formula is C35H35Cl2N3O3S. The summed E-state index contributed by atoms with van der Waals surface area (Å²) in [4.78, 5) is 14.4. The van der Waals surface area contributed by atoms with E-state index in [1.807, 2.05) is 30.3 Å². The Morgan fingerprint density at radius 2 is 1.75 bits per heavy atom. The minimum atomic E-state index is -0.200. The molecule has 3 aliphatic carbocycles. The number of hydrogen-bond acceptors (Lipinski definition) is 6. The average molecular weight is 649 g/mol. The van der Waals surface area contributed by atoms with Crippen LogP contribution in [0.15, 0.2) is 70.9 Å². The molecule has 5 atom stereocenters. The van der Waals surface area contributed by atoms with E-state index >= 15 is 0 Å². The van der Waals surface area contributed by atoms with Gasteiger partial charge >= 0.3 is 0 Å². The number of aromatic hydroxyl groups is 1. The molecule has 228 valence electrons. The van der Waals surface area contributed by atoms with Gasteiger partial charge in [0.15, 0.2) is 5.17 Å². The molecule has 3 aromatic rings. The molecule has 0 spiro atoms. The minimum absolute atomic E-state index is 0.0194. The van der Waals surface area contributed by atoms with E-state index in [9.17, 15) is 15.0 Å².